The summed E-state index contributed by atoms with van der Waals surface area (Å²) in [6.45, 7) is 2.91. The van der Waals surface area contributed by atoms with E-state index in [0.29, 0.717) is 30.3 Å². The van der Waals surface area contributed by atoms with Crippen molar-refractivity contribution in [3.05, 3.63) is 46.8 Å². The van der Waals surface area contributed by atoms with Crippen molar-refractivity contribution in [1.29, 1.82) is 0 Å². The van der Waals surface area contributed by atoms with Gasteiger partial charge in [0, 0.05) is 29.8 Å². The molecule has 0 radical (unpaired) electrons. The molecule has 1 aliphatic carbocycles. The van der Waals surface area contributed by atoms with Crippen LogP contribution in [0.1, 0.15) is 57.4 Å². The zero-order valence-electron chi connectivity index (χ0n) is 14.2. The third-order valence-corrected chi connectivity index (χ3v) is 4.14. The van der Waals surface area contributed by atoms with E-state index in [4.69, 9.17) is 10.3 Å². The second-order valence-electron chi connectivity index (χ2n) is 6.27. The second-order valence-corrected chi connectivity index (χ2v) is 6.27. The number of nitrogens with zero attached hydrogens (tertiary/aromatic N) is 1. The molecular weight excluding hydrogens is 320 g/mol. The van der Waals surface area contributed by atoms with E-state index in [0.717, 1.165) is 30.6 Å². The molecule has 2 amide bonds. The highest BCUT2D eigenvalue weighted by Crippen LogP contribution is 2.40. The smallest absolute Gasteiger partial charge is 0.277 e. The number of amides is 2. The largest absolute Gasteiger partial charge is 0.360 e. The zero-order valence-corrected chi connectivity index (χ0v) is 14.2. The molecule has 0 spiro atoms. The lowest BCUT2D eigenvalue weighted by atomic mass is 10.1. The number of rotatable bonds is 7. The number of nitrogens with two attached hydrogens (primary N) is 1. The van der Waals surface area contributed by atoms with Crippen molar-refractivity contribution in [2.75, 3.05) is 18.4 Å². The maximum Gasteiger partial charge on any atom is 0.277 e. The van der Waals surface area contributed by atoms with Crippen LogP contribution in [0.15, 0.2) is 28.8 Å². The fraction of sp³-hybridized carbons (Fsp3) is 0.389. The Balaban J connectivity index is 1.63. The van der Waals surface area contributed by atoms with Crippen LogP contribution in [0.2, 0.25) is 0 Å². The summed E-state index contributed by atoms with van der Waals surface area (Å²) in [4.78, 5) is 24.4. The normalized spacial score (nSPS) is 13.5. The predicted molar refractivity (Wildman–Crippen MR) is 93.6 cm³/mol. The number of carbonyl (C=O) groups is 2. The summed E-state index contributed by atoms with van der Waals surface area (Å²) in [5.41, 5.74) is 7.65. The van der Waals surface area contributed by atoms with Gasteiger partial charge in [0.2, 0.25) is 0 Å². The van der Waals surface area contributed by atoms with Crippen LogP contribution in [-0.2, 0) is 0 Å². The Bertz CT molecular complexity index is 780. The molecule has 2 aromatic rings. The highest BCUT2D eigenvalue weighted by molar-refractivity contribution is 6.03. The number of hydrogen-bond acceptors (Lipinski definition) is 5. The van der Waals surface area contributed by atoms with Gasteiger partial charge >= 0.3 is 0 Å². The van der Waals surface area contributed by atoms with Crippen molar-refractivity contribution in [2.24, 2.45) is 5.73 Å². The molecule has 1 saturated carbocycles. The summed E-state index contributed by atoms with van der Waals surface area (Å²) in [5.74, 6) is 0.712. The number of hydrogen-bond donors (Lipinski definition) is 3. The molecule has 1 aliphatic rings. The number of anilines is 1. The Morgan fingerprint density at radius 1 is 1.28 bits per heavy atom. The first kappa shape index (κ1) is 17.2. The average Bonchev–Trinajstić information content (AvgIpc) is 3.32. The lowest BCUT2D eigenvalue weighted by Crippen LogP contribution is -2.26. The molecule has 0 atom stereocenters. The lowest BCUT2D eigenvalue weighted by Gasteiger charge is -2.09. The zero-order chi connectivity index (χ0) is 17.8. The third kappa shape index (κ3) is 4.24. The molecule has 0 bridgehead atoms. The van der Waals surface area contributed by atoms with Crippen molar-refractivity contribution in [3.63, 3.8) is 0 Å². The van der Waals surface area contributed by atoms with E-state index in [1.807, 2.05) is 6.92 Å². The molecule has 0 aliphatic heterocycles. The van der Waals surface area contributed by atoms with E-state index >= 15 is 0 Å². The van der Waals surface area contributed by atoms with Crippen LogP contribution < -0.4 is 16.4 Å². The van der Waals surface area contributed by atoms with E-state index in [2.05, 4.69) is 15.8 Å². The fourth-order valence-corrected chi connectivity index (χ4v) is 2.55. The highest BCUT2D eigenvalue weighted by Gasteiger charge is 2.28. The molecule has 1 aromatic carbocycles. The van der Waals surface area contributed by atoms with Crippen molar-refractivity contribution in [2.45, 2.75) is 32.1 Å². The standard InChI is InChI=1S/C18H22N4O3/c1-11-9-13(5-6-14(11)17(23)20-8-2-7-19)21-18(24)15-10-16(25-22-15)12-3-4-12/h5-6,9-10,12H,2-4,7-8,19H2,1H3,(H,20,23)(H,21,24). The molecule has 4 N–H and O–H groups in total. The molecule has 3 rings (SSSR count). The second kappa shape index (κ2) is 7.48. The minimum absolute atomic E-state index is 0.144. The Hall–Kier alpha value is -2.67. The minimum atomic E-state index is -0.324. The summed E-state index contributed by atoms with van der Waals surface area (Å²) >= 11 is 0. The minimum Gasteiger partial charge on any atom is -0.360 e. The van der Waals surface area contributed by atoms with Crippen LogP contribution in [0.3, 0.4) is 0 Å². The first-order chi connectivity index (χ1) is 12.1. The van der Waals surface area contributed by atoms with Crippen LogP contribution in [0, 0.1) is 6.92 Å². The predicted octanol–water partition coefficient (Wildman–Crippen LogP) is 2.19. The number of benzene rings is 1. The number of aromatic nitrogens is 1. The maximum atomic E-state index is 12.3. The van der Waals surface area contributed by atoms with Gasteiger partial charge in [0.05, 0.1) is 0 Å². The SMILES string of the molecule is Cc1cc(NC(=O)c2cc(C3CC3)on2)ccc1C(=O)NCCCN. The van der Waals surface area contributed by atoms with Crippen molar-refractivity contribution in [3.8, 4) is 0 Å². The van der Waals surface area contributed by atoms with Gasteiger partial charge < -0.3 is 20.9 Å². The Labute approximate surface area is 145 Å². The van der Waals surface area contributed by atoms with Gasteiger partial charge in [-0.05, 0) is 56.5 Å². The van der Waals surface area contributed by atoms with E-state index in [1.165, 1.54) is 0 Å². The molecule has 0 saturated heterocycles. The highest BCUT2D eigenvalue weighted by atomic mass is 16.5. The number of carbonyl (C=O) groups excluding carboxylic acids is 2. The fourth-order valence-electron chi connectivity index (χ4n) is 2.55. The molecule has 132 valence electrons. The van der Waals surface area contributed by atoms with Gasteiger partial charge in [-0.2, -0.15) is 0 Å². The van der Waals surface area contributed by atoms with Gasteiger partial charge in [0.25, 0.3) is 11.8 Å². The average molecular weight is 342 g/mol. The molecular formula is C18H22N4O3. The van der Waals surface area contributed by atoms with Crippen molar-refractivity contribution in [1.82, 2.24) is 10.5 Å². The number of aryl methyl sites for hydroxylation is 1. The van der Waals surface area contributed by atoms with Crippen LogP contribution in [0.25, 0.3) is 0 Å². The van der Waals surface area contributed by atoms with E-state index in [-0.39, 0.29) is 17.5 Å². The summed E-state index contributed by atoms with van der Waals surface area (Å²) in [6.07, 6.45) is 2.91. The molecule has 0 unspecified atom stereocenters. The summed E-state index contributed by atoms with van der Waals surface area (Å²) in [5, 5.41) is 9.42. The van der Waals surface area contributed by atoms with Gasteiger partial charge in [-0.15, -0.1) is 0 Å². The lowest BCUT2D eigenvalue weighted by molar-refractivity contribution is 0.0952. The van der Waals surface area contributed by atoms with Gasteiger partial charge in [0.1, 0.15) is 5.76 Å². The van der Waals surface area contributed by atoms with Crippen molar-refractivity contribution < 1.29 is 14.1 Å². The molecule has 7 nitrogen and oxygen atoms in total. The van der Waals surface area contributed by atoms with Crippen LogP contribution in [0.5, 0.6) is 0 Å². The summed E-state index contributed by atoms with van der Waals surface area (Å²) in [6, 6.07) is 6.85. The van der Waals surface area contributed by atoms with Crippen LogP contribution >= 0.6 is 0 Å². The Morgan fingerprint density at radius 3 is 2.76 bits per heavy atom. The molecule has 1 aromatic heterocycles. The topological polar surface area (TPSA) is 110 Å². The molecule has 25 heavy (non-hydrogen) atoms. The molecule has 7 heteroatoms. The van der Waals surface area contributed by atoms with E-state index in [9.17, 15) is 9.59 Å². The summed E-state index contributed by atoms with van der Waals surface area (Å²) in [7, 11) is 0. The van der Waals surface area contributed by atoms with E-state index in [1.54, 1.807) is 24.3 Å². The van der Waals surface area contributed by atoms with Gasteiger partial charge in [-0.1, -0.05) is 5.16 Å². The van der Waals surface area contributed by atoms with Crippen molar-refractivity contribution >= 4 is 17.5 Å². The molecule has 1 fully saturated rings. The Morgan fingerprint density at radius 2 is 2.08 bits per heavy atom. The third-order valence-electron chi connectivity index (χ3n) is 4.14. The first-order valence-corrected chi connectivity index (χ1v) is 8.45. The van der Waals surface area contributed by atoms with Crippen LogP contribution in [-0.4, -0.2) is 30.1 Å². The summed E-state index contributed by atoms with van der Waals surface area (Å²) < 4.78 is 5.20. The van der Waals surface area contributed by atoms with Crippen LogP contribution in [0.4, 0.5) is 5.69 Å². The Kier molecular flexibility index (Phi) is 5.14. The monoisotopic (exact) mass is 342 g/mol. The quantitative estimate of drug-likeness (QED) is 0.668. The number of nitrogens with one attached hydrogen (secondary N) is 2. The van der Waals surface area contributed by atoms with E-state index < -0.39 is 0 Å². The maximum absolute atomic E-state index is 12.3. The van der Waals surface area contributed by atoms with Gasteiger partial charge in [-0.3, -0.25) is 9.59 Å². The molecule has 1 heterocycles. The van der Waals surface area contributed by atoms with Gasteiger partial charge in [0.15, 0.2) is 5.69 Å². The van der Waals surface area contributed by atoms with Gasteiger partial charge in [-0.25, -0.2) is 0 Å². The first-order valence-electron chi connectivity index (χ1n) is 8.45.